The van der Waals surface area contributed by atoms with Crippen LogP contribution in [0.2, 0.25) is 0 Å². The molecule has 0 saturated heterocycles. The zero-order valence-corrected chi connectivity index (χ0v) is 12.7. The molecule has 0 aliphatic carbocycles. The molecular formula is C17H18FNO4. The zero-order valence-electron chi connectivity index (χ0n) is 12.7. The summed E-state index contributed by atoms with van der Waals surface area (Å²) in [5, 5.41) is 12.6. The Morgan fingerprint density at radius 2 is 2.04 bits per heavy atom. The Kier molecular flexibility index (Phi) is 5.94. The van der Waals surface area contributed by atoms with Gasteiger partial charge in [-0.05, 0) is 29.8 Å². The number of hydrogen-bond acceptors (Lipinski definition) is 4. The highest BCUT2D eigenvalue weighted by Crippen LogP contribution is 2.18. The molecule has 2 aromatic carbocycles. The zero-order chi connectivity index (χ0) is 16.7. The molecule has 1 unspecified atom stereocenters. The number of carbonyl (C=O) groups excluding carboxylic acids is 1. The molecule has 0 saturated carbocycles. The normalized spacial score (nSPS) is 11.6. The molecule has 2 N–H and O–H groups in total. The predicted molar refractivity (Wildman–Crippen MR) is 82.9 cm³/mol. The lowest BCUT2D eigenvalue weighted by molar-refractivity contribution is -0.123. The molecular weight excluding hydrogens is 301 g/mol. The fourth-order valence-electron chi connectivity index (χ4n) is 1.93. The summed E-state index contributed by atoms with van der Waals surface area (Å²) in [6.45, 7) is -0.307. The largest absolute Gasteiger partial charge is 0.497 e. The smallest absolute Gasteiger partial charge is 0.258 e. The van der Waals surface area contributed by atoms with Crippen molar-refractivity contribution in [1.29, 1.82) is 0 Å². The van der Waals surface area contributed by atoms with E-state index in [2.05, 4.69) is 5.32 Å². The van der Waals surface area contributed by atoms with Gasteiger partial charge < -0.3 is 19.9 Å². The van der Waals surface area contributed by atoms with E-state index in [1.165, 1.54) is 25.3 Å². The van der Waals surface area contributed by atoms with Crippen LogP contribution in [0.15, 0.2) is 48.5 Å². The van der Waals surface area contributed by atoms with Gasteiger partial charge in [-0.1, -0.05) is 24.3 Å². The molecule has 1 amide bonds. The van der Waals surface area contributed by atoms with Gasteiger partial charge in [0, 0.05) is 6.54 Å². The van der Waals surface area contributed by atoms with Crippen molar-refractivity contribution in [3.63, 3.8) is 0 Å². The van der Waals surface area contributed by atoms with Crippen LogP contribution < -0.4 is 14.8 Å². The number of aliphatic hydroxyl groups is 1. The summed E-state index contributed by atoms with van der Waals surface area (Å²) in [4.78, 5) is 11.7. The van der Waals surface area contributed by atoms with E-state index < -0.39 is 17.8 Å². The van der Waals surface area contributed by atoms with E-state index in [1.807, 2.05) is 0 Å². The summed E-state index contributed by atoms with van der Waals surface area (Å²) in [7, 11) is 1.54. The van der Waals surface area contributed by atoms with Crippen LogP contribution in [0, 0.1) is 5.82 Å². The Bertz CT molecular complexity index is 663. The van der Waals surface area contributed by atoms with Crippen LogP contribution in [0.4, 0.5) is 4.39 Å². The summed E-state index contributed by atoms with van der Waals surface area (Å²) in [6, 6.07) is 12.8. The Morgan fingerprint density at radius 1 is 1.26 bits per heavy atom. The number of amides is 1. The lowest BCUT2D eigenvalue weighted by atomic mass is 10.1. The third-order valence-corrected chi connectivity index (χ3v) is 3.17. The van der Waals surface area contributed by atoms with Crippen LogP contribution in [-0.4, -0.2) is 31.3 Å². The summed E-state index contributed by atoms with van der Waals surface area (Å²) in [5.74, 6) is -0.348. The maximum Gasteiger partial charge on any atom is 0.258 e. The number of methoxy groups -OCH3 is 1. The van der Waals surface area contributed by atoms with Crippen LogP contribution in [0.25, 0.3) is 0 Å². The minimum atomic E-state index is -0.873. The number of benzene rings is 2. The molecule has 0 aromatic heterocycles. The number of hydrogen-bond donors (Lipinski definition) is 2. The second-order valence-corrected chi connectivity index (χ2v) is 4.82. The minimum Gasteiger partial charge on any atom is -0.497 e. The standard InChI is InChI=1S/C17H18FNO4/c1-22-13-6-4-5-12(9-13)15(20)10-19-17(21)11-23-16-8-3-2-7-14(16)18/h2-9,15,20H,10-11H2,1H3,(H,19,21). The fraction of sp³-hybridized carbons (Fsp3) is 0.235. The van der Waals surface area contributed by atoms with Crippen LogP contribution in [-0.2, 0) is 4.79 Å². The van der Waals surface area contributed by atoms with Gasteiger partial charge in [0.1, 0.15) is 5.75 Å². The molecule has 122 valence electrons. The second kappa shape index (κ2) is 8.14. The van der Waals surface area contributed by atoms with E-state index in [0.29, 0.717) is 11.3 Å². The Labute approximate surface area is 133 Å². The van der Waals surface area contributed by atoms with Gasteiger partial charge in [0.05, 0.1) is 13.2 Å². The van der Waals surface area contributed by atoms with Gasteiger partial charge >= 0.3 is 0 Å². The topological polar surface area (TPSA) is 67.8 Å². The van der Waals surface area contributed by atoms with E-state index in [-0.39, 0.29) is 18.9 Å². The van der Waals surface area contributed by atoms with E-state index in [1.54, 1.807) is 30.3 Å². The SMILES string of the molecule is COc1cccc(C(O)CNC(=O)COc2ccccc2F)c1. The lowest BCUT2D eigenvalue weighted by Crippen LogP contribution is -2.32. The quantitative estimate of drug-likeness (QED) is 0.820. The molecule has 0 aliphatic rings. The third kappa shape index (κ3) is 4.96. The Morgan fingerprint density at radius 3 is 2.78 bits per heavy atom. The first-order chi connectivity index (χ1) is 11.1. The first kappa shape index (κ1) is 16.8. The molecule has 5 nitrogen and oxygen atoms in total. The molecule has 2 rings (SSSR count). The van der Waals surface area contributed by atoms with Gasteiger partial charge in [-0.25, -0.2) is 4.39 Å². The number of halogens is 1. The van der Waals surface area contributed by atoms with E-state index in [0.717, 1.165) is 0 Å². The number of aliphatic hydroxyl groups excluding tert-OH is 1. The first-order valence-electron chi connectivity index (χ1n) is 7.06. The average Bonchev–Trinajstić information content (AvgIpc) is 2.59. The molecule has 0 radical (unpaired) electrons. The molecule has 2 aromatic rings. The van der Waals surface area contributed by atoms with Gasteiger partial charge in [0.25, 0.3) is 5.91 Å². The molecule has 6 heteroatoms. The van der Waals surface area contributed by atoms with Crippen molar-refractivity contribution in [3.05, 3.63) is 59.9 Å². The summed E-state index contributed by atoms with van der Waals surface area (Å²) in [6.07, 6.45) is -0.873. The monoisotopic (exact) mass is 319 g/mol. The van der Waals surface area contributed by atoms with Gasteiger partial charge in [0.15, 0.2) is 18.2 Å². The van der Waals surface area contributed by atoms with Crippen LogP contribution in [0.5, 0.6) is 11.5 Å². The van der Waals surface area contributed by atoms with Crippen molar-refractivity contribution < 1.29 is 23.8 Å². The maximum atomic E-state index is 13.3. The first-order valence-corrected chi connectivity index (χ1v) is 7.06. The van der Waals surface area contributed by atoms with Crippen molar-refractivity contribution in [1.82, 2.24) is 5.32 Å². The van der Waals surface area contributed by atoms with Gasteiger partial charge in [-0.2, -0.15) is 0 Å². The summed E-state index contributed by atoms with van der Waals surface area (Å²) in [5.41, 5.74) is 0.625. The molecule has 0 heterocycles. The van der Waals surface area contributed by atoms with Gasteiger partial charge in [-0.3, -0.25) is 4.79 Å². The fourth-order valence-corrected chi connectivity index (χ4v) is 1.93. The third-order valence-electron chi connectivity index (χ3n) is 3.17. The molecule has 0 fully saturated rings. The van der Waals surface area contributed by atoms with Crippen LogP contribution in [0.1, 0.15) is 11.7 Å². The van der Waals surface area contributed by atoms with E-state index >= 15 is 0 Å². The summed E-state index contributed by atoms with van der Waals surface area (Å²) < 4.78 is 23.5. The van der Waals surface area contributed by atoms with Crippen molar-refractivity contribution >= 4 is 5.91 Å². The molecule has 23 heavy (non-hydrogen) atoms. The number of ether oxygens (including phenoxy) is 2. The van der Waals surface area contributed by atoms with Gasteiger partial charge in [-0.15, -0.1) is 0 Å². The van der Waals surface area contributed by atoms with Crippen molar-refractivity contribution in [3.8, 4) is 11.5 Å². The predicted octanol–water partition coefficient (Wildman–Crippen LogP) is 2.06. The highest BCUT2D eigenvalue weighted by molar-refractivity contribution is 5.77. The van der Waals surface area contributed by atoms with Crippen molar-refractivity contribution in [2.45, 2.75) is 6.10 Å². The highest BCUT2D eigenvalue weighted by Gasteiger charge is 2.11. The Balaban J connectivity index is 1.80. The van der Waals surface area contributed by atoms with E-state index in [4.69, 9.17) is 9.47 Å². The maximum absolute atomic E-state index is 13.3. The number of rotatable bonds is 7. The second-order valence-electron chi connectivity index (χ2n) is 4.82. The summed E-state index contributed by atoms with van der Waals surface area (Å²) >= 11 is 0. The molecule has 0 spiro atoms. The van der Waals surface area contributed by atoms with E-state index in [9.17, 15) is 14.3 Å². The molecule has 0 bridgehead atoms. The van der Waals surface area contributed by atoms with Crippen LogP contribution in [0.3, 0.4) is 0 Å². The van der Waals surface area contributed by atoms with Crippen molar-refractivity contribution in [2.24, 2.45) is 0 Å². The number of carbonyl (C=O) groups is 1. The van der Waals surface area contributed by atoms with Crippen LogP contribution >= 0.6 is 0 Å². The Hall–Kier alpha value is -2.60. The molecule has 0 aliphatic heterocycles. The highest BCUT2D eigenvalue weighted by atomic mass is 19.1. The number of nitrogens with one attached hydrogen (secondary N) is 1. The lowest BCUT2D eigenvalue weighted by Gasteiger charge is -2.13. The minimum absolute atomic E-state index is 0.0102. The van der Waals surface area contributed by atoms with Gasteiger partial charge in [0.2, 0.25) is 0 Å². The molecule has 1 atom stereocenters. The average molecular weight is 319 g/mol. The number of para-hydroxylation sites is 1. The van der Waals surface area contributed by atoms with Crippen molar-refractivity contribution in [2.75, 3.05) is 20.3 Å².